The first-order valence-electron chi connectivity index (χ1n) is 14.1. The zero-order valence-corrected chi connectivity index (χ0v) is 23.1. The van der Waals surface area contributed by atoms with E-state index in [-0.39, 0.29) is 30.7 Å². The van der Waals surface area contributed by atoms with Crippen molar-refractivity contribution in [2.75, 3.05) is 6.54 Å². The molecular weight excluding hydrogens is 489 g/mol. The minimum atomic E-state index is -1.65. The minimum absolute atomic E-state index is 0.0343. The summed E-state index contributed by atoms with van der Waals surface area (Å²) in [5.41, 5.74) is 1.13. The van der Waals surface area contributed by atoms with Crippen LogP contribution in [-0.4, -0.2) is 49.3 Å². The molecule has 3 heterocycles. The van der Waals surface area contributed by atoms with Crippen LogP contribution in [0.25, 0.3) is 0 Å². The molecule has 5 rings (SSSR count). The van der Waals surface area contributed by atoms with E-state index < -0.39 is 5.13 Å². The van der Waals surface area contributed by atoms with E-state index in [9.17, 15) is 9.18 Å². The van der Waals surface area contributed by atoms with E-state index in [0.717, 1.165) is 43.0 Å². The third kappa shape index (κ3) is 5.88. The van der Waals surface area contributed by atoms with Gasteiger partial charge in [-0.1, -0.05) is 55.8 Å². The van der Waals surface area contributed by atoms with Crippen LogP contribution in [0.1, 0.15) is 107 Å². The lowest BCUT2D eigenvalue weighted by Crippen LogP contribution is -2.45. The number of hydrogen-bond donors (Lipinski definition) is 1. The smallest absolute Gasteiger partial charge is 0.223 e. The molecule has 37 heavy (non-hydrogen) atoms. The average molecular weight is 530 g/mol. The van der Waals surface area contributed by atoms with E-state index in [2.05, 4.69) is 57.9 Å². The van der Waals surface area contributed by atoms with Crippen LogP contribution in [0.15, 0.2) is 30.3 Å². The first-order valence-corrected chi connectivity index (χ1v) is 14.5. The van der Waals surface area contributed by atoms with E-state index in [1.807, 2.05) is 18.2 Å². The standard InChI is InChI=1S/C29H41ClFN5O/c1-19(2)27-34-33-20(3)36(27)25-17-23-9-10-24(18-25)35(23)16-13-26(21-7-5-4-6-8-21)32-28(37)22-11-14-29(30,31)15-12-22/h4-8,19,22-26H,9-18H2,1-3H3,(H,32,37)/t22?,23-,24+,25?,26-,29?/m0/s1. The number of aromatic nitrogens is 3. The topological polar surface area (TPSA) is 63.1 Å². The van der Waals surface area contributed by atoms with Crippen molar-refractivity contribution in [1.82, 2.24) is 25.0 Å². The molecule has 2 aliphatic heterocycles. The first-order chi connectivity index (χ1) is 17.7. The zero-order valence-electron chi connectivity index (χ0n) is 22.4. The van der Waals surface area contributed by atoms with Gasteiger partial charge in [-0.25, -0.2) is 4.39 Å². The third-order valence-electron chi connectivity index (χ3n) is 8.92. The average Bonchev–Trinajstić information content (AvgIpc) is 3.37. The van der Waals surface area contributed by atoms with Crippen LogP contribution in [0.4, 0.5) is 4.39 Å². The van der Waals surface area contributed by atoms with Crippen molar-refractivity contribution in [3.05, 3.63) is 47.5 Å². The summed E-state index contributed by atoms with van der Waals surface area (Å²) in [4.78, 5) is 15.9. The Kier molecular flexibility index (Phi) is 7.92. The molecule has 1 N–H and O–H groups in total. The fourth-order valence-electron chi connectivity index (χ4n) is 6.93. The molecule has 2 bridgehead atoms. The molecule has 1 aromatic heterocycles. The van der Waals surface area contributed by atoms with Crippen LogP contribution in [-0.2, 0) is 4.79 Å². The predicted molar refractivity (Wildman–Crippen MR) is 144 cm³/mol. The molecule has 2 saturated heterocycles. The van der Waals surface area contributed by atoms with Crippen LogP contribution >= 0.6 is 11.6 Å². The lowest BCUT2D eigenvalue weighted by atomic mass is 9.86. The highest BCUT2D eigenvalue weighted by atomic mass is 35.5. The number of nitrogens with one attached hydrogen (secondary N) is 1. The molecule has 1 amide bonds. The monoisotopic (exact) mass is 529 g/mol. The van der Waals surface area contributed by atoms with Crippen LogP contribution < -0.4 is 5.32 Å². The molecule has 1 saturated carbocycles. The van der Waals surface area contributed by atoms with Gasteiger partial charge in [0.25, 0.3) is 0 Å². The Labute approximate surface area is 225 Å². The number of hydrogen-bond acceptors (Lipinski definition) is 4. The van der Waals surface area contributed by atoms with Crippen LogP contribution in [0.3, 0.4) is 0 Å². The molecule has 3 fully saturated rings. The number of piperidine rings is 1. The van der Waals surface area contributed by atoms with Crippen LogP contribution in [0, 0.1) is 12.8 Å². The van der Waals surface area contributed by atoms with Gasteiger partial charge >= 0.3 is 0 Å². The van der Waals surface area contributed by atoms with Crippen LogP contribution in [0.2, 0.25) is 0 Å². The molecule has 8 heteroatoms. The highest BCUT2D eigenvalue weighted by molar-refractivity contribution is 6.22. The van der Waals surface area contributed by atoms with Crippen molar-refractivity contribution in [2.45, 2.75) is 114 Å². The SMILES string of the molecule is Cc1nnc(C(C)C)n1C1C[C@H]2CC[C@@H](C1)N2CC[C@H](NC(=O)C1CCC(F)(Cl)CC1)c1ccccc1. The molecule has 202 valence electrons. The molecule has 1 unspecified atom stereocenters. The van der Waals surface area contributed by atoms with Crippen molar-refractivity contribution in [3.8, 4) is 0 Å². The van der Waals surface area contributed by atoms with E-state index in [0.29, 0.717) is 36.9 Å². The first kappa shape index (κ1) is 26.6. The summed E-state index contributed by atoms with van der Waals surface area (Å²) in [5, 5.41) is 10.6. The highest BCUT2D eigenvalue weighted by Crippen LogP contribution is 2.43. The Morgan fingerprint density at radius 2 is 1.73 bits per heavy atom. The maximum Gasteiger partial charge on any atom is 0.223 e. The number of benzene rings is 1. The van der Waals surface area contributed by atoms with Gasteiger partial charge in [0.1, 0.15) is 11.6 Å². The molecule has 6 nitrogen and oxygen atoms in total. The number of alkyl halides is 2. The Bertz CT molecular complexity index is 1050. The molecule has 1 aromatic carbocycles. The van der Waals surface area contributed by atoms with Gasteiger partial charge in [0, 0.05) is 36.5 Å². The highest BCUT2D eigenvalue weighted by Gasteiger charge is 2.42. The second-order valence-corrected chi connectivity index (χ2v) is 12.4. The fourth-order valence-corrected chi connectivity index (χ4v) is 7.15. The number of amides is 1. The zero-order chi connectivity index (χ0) is 26.2. The minimum Gasteiger partial charge on any atom is -0.349 e. The summed E-state index contributed by atoms with van der Waals surface area (Å²) >= 11 is 5.88. The molecule has 1 aliphatic carbocycles. The Morgan fingerprint density at radius 3 is 2.35 bits per heavy atom. The number of halogens is 2. The molecule has 4 atom stereocenters. The predicted octanol–water partition coefficient (Wildman–Crippen LogP) is 6.22. The summed E-state index contributed by atoms with van der Waals surface area (Å²) in [7, 11) is 0. The maximum atomic E-state index is 14.1. The largest absolute Gasteiger partial charge is 0.349 e. The Hall–Kier alpha value is -1.99. The summed E-state index contributed by atoms with van der Waals surface area (Å²) in [6.07, 6.45) is 7.08. The second kappa shape index (κ2) is 11.0. The lowest BCUT2D eigenvalue weighted by Gasteiger charge is -2.40. The third-order valence-corrected chi connectivity index (χ3v) is 9.29. The van der Waals surface area contributed by atoms with Gasteiger partial charge < -0.3 is 9.88 Å². The fraction of sp³-hybridized carbons (Fsp3) is 0.690. The number of rotatable bonds is 8. The van der Waals surface area contributed by atoms with Crippen molar-refractivity contribution in [2.24, 2.45) is 5.92 Å². The van der Waals surface area contributed by atoms with E-state index in [1.165, 1.54) is 12.8 Å². The Balaban J connectivity index is 1.24. The number of carbonyl (C=O) groups excluding carboxylic acids is 1. The summed E-state index contributed by atoms with van der Waals surface area (Å²) in [6, 6.07) is 11.8. The molecule has 0 spiro atoms. The van der Waals surface area contributed by atoms with Crippen molar-refractivity contribution < 1.29 is 9.18 Å². The number of nitrogens with zero attached hydrogens (tertiary/aromatic N) is 4. The molecular formula is C29H41ClFN5O. The van der Waals surface area contributed by atoms with E-state index >= 15 is 0 Å². The van der Waals surface area contributed by atoms with Crippen molar-refractivity contribution in [3.63, 3.8) is 0 Å². The van der Waals surface area contributed by atoms with Crippen molar-refractivity contribution in [1.29, 1.82) is 0 Å². The Morgan fingerprint density at radius 1 is 1.08 bits per heavy atom. The number of carbonyl (C=O) groups is 1. The number of aryl methyl sites for hydroxylation is 1. The molecule has 2 aromatic rings. The van der Waals surface area contributed by atoms with Gasteiger partial charge in [-0.05, 0) is 70.3 Å². The van der Waals surface area contributed by atoms with E-state index in [1.54, 1.807) is 0 Å². The van der Waals surface area contributed by atoms with Crippen LogP contribution in [0.5, 0.6) is 0 Å². The summed E-state index contributed by atoms with van der Waals surface area (Å²) in [5.74, 6) is 2.36. The van der Waals surface area contributed by atoms with Gasteiger partial charge in [0.05, 0.1) is 6.04 Å². The van der Waals surface area contributed by atoms with Gasteiger partial charge in [-0.3, -0.25) is 9.69 Å². The normalized spacial score (nSPS) is 31.0. The van der Waals surface area contributed by atoms with E-state index in [4.69, 9.17) is 11.6 Å². The summed E-state index contributed by atoms with van der Waals surface area (Å²) in [6.45, 7) is 7.42. The van der Waals surface area contributed by atoms with Crippen molar-refractivity contribution >= 4 is 17.5 Å². The molecule has 3 aliphatic rings. The van der Waals surface area contributed by atoms with Gasteiger partial charge in [-0.2, -0.15) is 0 Å². The maximum absolute atomic E-state index is 14.1. The van der Waals surface area contributed by atoms with Gasteiger partial charge in [-0.15, -0.1) is 10.2 Å². The quantitative estimate of drug-likeness (QED) is 0.412. The summed E-state index contributed by atoms with van der Waals surface area (Å²) < 4.78 is 16.5. The van der Waals surface area contributed by atoms with Gasteiger partial charge in [0.15, 0.2) is 5.13 Å². The second-order valence-electron chi connectivity index (χ2n) is 11.8. The lowest BCUT2D eigenvalue weighted by molar-refractivity contribution is -0.127. The number of fused-ring (bicyclic) bond motifs is 2. The molecule has 0 radical (unpaired) electrons. The van der Waals surface area contributed by atoms with Gasteiger partial charge in [0.2, 0.25) is 5.91 Å².